The first-order valence-corrected chi connectivity index (χ1v) is 8.17. The Hall–Kier alpha value is -0.980. The lowest BCUT2D eigenvalue weighted by Gasteiger charge is -2.15. The second kappa shape index (κ2) is 5.56. The molecule has 5 nitrogen and oxygen atoms in total. The van der Waals surface area contributed by atoms with Crippen molar-refractivity contribution in [2.24, 2.45) is 0 Å². The Bertz CT molecular complexity index is 574. The van der Waals surface area contributed by atoms with E-state index in [-0.39, 0.29) is 11.5 Å². The summed E-state index contributed by atoms with van der Waals surface area (Å²) in [6, 6.07) is 5.51. The van der Waals surface area contributed by atoms with Crippen molar-refractivity contribution < 1.29 is 13.2 Å². The molecule has 2 atom stereocenters. The topological polar surface area (TPSA) is 75.3 Å². The highest BCUT2D eigenvalue weighted by Gasteiger charge is 2.37. The number of alkyl halides is 1. The van der Waals surface area contributed by atoms with Gasteiger partial charge in [-0.3, -0.25) is 0 Å². The second-order valence-corrected chi connectivity index (χ2v) is 7.46. The van der Waals surface area contributed by atoms with Crippen LogP contribution >= 0.6 is 23.2 Å². The molecule has 2 amide bonds. The number of hydrogen-bond acceptors (Lipinski definition) is 3. The molecule has 1 fully saturated rings. The van der Waals surface area contributed by atoms with Crippen LogP contribution in [0, 0.1) is 0 Å². The first-order chi connectivity index (χ1) is 8.85. The van der Waals surface area contributed by atoms with Gasteiger partial charge in [0.05, 0.1) is 22.9 Å². The van der Waals surface area contributed by atoms with Gasteiger partial charge >= 0.3 is 6.03 Å². The number of anilines is 1. The number of rotatable bonds is 2. The zero-order chi connectivity index (χ0) is 14.0. The summed E-state index contributed by atoms with van der Waals surface area (Å²) in [5, 5.41) is 5.10. The Labute approximate surface area is 121 Å². The zero-order valence-electron chi connectivity index (χ0n) is 9.77. The quantitative estimate of drug-likeness (QED) is 0.816. The molecule has 1 aromatic rings. The number of sulfone groups is 1. The standard InChI is InChI=1S/C11H12Cl2N2O3S/c12-7-1-3-8(4-2-7)14-11(16)15-10-6-19(17,18)5-9(10)13/h1-4,9-10H,5-6H2,(H2,14,15,16)/t9-,10+/m1/s1. The maximum absolute atomic E-state index is 11.7. The number of carbonyl (C=O) groups is 1. The maximum Gasteiger partial charge on any atom is 0.319 e. The number of carbonyl (C=O) groups excluding carboxylic acids is 1. The predicted molar refractivity (Wildman–Crippen MR) is 75.7 cm³/mol. The van der Waals surface area contributed by atoms with Crippen molar-refractivity contribution in [1.82, 2.24) is 5.32 Å². The van der Waals surface area contributed by atoms with Crippen molar-refractivity contribution in [1.29, 1.82) is 0 Å². The van der Waals surface area contributed by atoms with Crippen LogP contribution < -0.4 is 10.6 Å². The molecule has 1 aliphatic heterocycles. The lowest BCUT2D eigenvalue weighted by Crippen LogP contribution is -2.42. The minimum Gasteiger partial charge on any atom is -0.333 e. The minimum atomic E-state index is -3.16. The van der Waals surface area contributed by atoms with E-state index in [1.54, 1.807) is 24.3 Å². The molecule has 19 heavy (non-hydrogen) atoms. The fourth-order valence-electron chi connectivity index (χ4n) is 1.81. The Morgan fingerprint density at radius 2 is 1.84 bits per heavy atom. The third-order valence-electron chi connectivity index (χ3n) is 2.70. The van der Waals surface area contributed by atoms with Crippen molar-refractivity contribution in [3.8, 4) is 0 Å². The van der Waals surface area contributed by atoms with Crippen molar-refractivity contribution in [2.45, 2.75) is 11.4 Å². The third-order valence-corrected chi connectivity index (χ3v) is 5.33. The van der Waals surface area contributed by atoms with Crippen molar-refractivity contribution in [2.75, 3.05) is 16.8 Å². The lowest BCUT2D eigenvalue weighted by molar-refractivity contribution is 0.249. The molecule has 8 heteroatoms. The minimum absolute atomic E-state index is 0.111. The fourth-order valence-corrected chi connectivity index (χ4v) is 4.48. The Kier molecular flexibility index (Phi) is 4.23. The maximum atomic E-state index is 11.7. The molecule has 2 rings (SSSR count). The first-order valence-electron chi connectivity index (χ1n) is 5.53. The summed E-state index contributed by atoms with van der Waals surface area (Å²) in [6.07, 6.45) is 0. The Morgan fingerprint density at radius 1 is 1.21 bits per heavy atom. The molecule has 1 heterocycles. The number of halogens is 2. The van der Waals surface area contributed by atoms with Crippen LogP contribution in [-0.4, -0.2) is 37.4 Å². The van der Waals surface area contributed by atoms with Gasteiger partial charge in [-0.15, -0.1) is 11.6 Å². The second-order valence-electron chi connectivity index (χ2n) is 4.30. The molecule has 2 N–H and O–H groups in total. The zero-order valence-corrected chi connectivity index (χ0v) is 12.1. The highest BCUT2D eigenvalue weighted by Crippen LogP contribution is 2.18. The average molecular weight is 323 g/mol. The van der Waals surface area contributed by atoms with Gasteiger partial charge in [0.1, 0.15) is 0 Å². The van der Waals surface area contributed by atoms with E-state index in [0.29, 0.717) is 10.7 Å². The van der Waals surface area contributed by atoms with Crippen molar-refractivity contribution >= 4 is 44.8 Å². The van der Waals surface area contributed by atoms with E-state index in [9.17, 15) is 13.2 Å². The monoisotopic (exact) mass is 322 g/mol. The highest BCUT2D eigenvalue weighted by atomic mass is 35.5. The summed E-state index contributed by atoms with van der Waals surface area (Å²) >= 11 is 11.6. The van der Waals surface area contributed by atoms with Crippen LogP contribution in [0.15, 0.2) is 24.3 Å². The van der Waals surface area contributed by atoms with E-state index in [1.807, 2.05) is 0 Å². The number of amides is 2. The van der Waals surface area contributed by atoms with Crippen LogP contribution in [0.3, 0.4) is 0 Å². The molecule has 0 aromatic heterocycles. The van der Waals surface area contributed by atoms with E-state index in [0.717, 1.165) is 0 Å². The molecule has 104 valence electrons. The van der Waals surface area contributed by atoms with E-state index in [4.69, 9.17) is 23.2 Å². The van der Waals surface area contributed by atoms with Gasteiger partial charge < -0.3 is 10.6 Å². The Morgan fingerprint density at radius 3 is 2.37 bits per heavy atom. The lowest BCUT2D eigenvalue weighted by atomic mass is 10.2. The van der Waals surface area contributed by atoms with Crippen LogP contribution in [-0.2, 0) is 9.84 Å². The van der Waals surface area contributed by atoms with Gasteiger partial charge in [0.15, 0.2) is 9.84 Å². The summed E-state index contributed by atoms with van der Waals surface area (Å²) in [5.41, 5.74) is 0.564. The summed E-state index contributed by atoms with van der Waals surface area (Å²) in [4.78, 5) is 11.7. The van der Waals surface area contributed by atoms with Gasteiger partial charge in [0.2, 0.25) is 0 Å². The molecule has 0 saturated carbocycles. The van der Waals surface area contributed by atoms with Crippen LogP contribution in [0.1, 0.15) is 0 Å². The molecule has 1 aromatic carbocycles. The molecule has 0 aliphatic carbocycles. The highest BCUT2D eigenvalue weighted by molar-refractivity contribution is 7.91. The average Bonchev–Trinajstić information content (AvgIpc) is 2.55. The number of nitrogens with one attached hydrogen (secondary N) is 2. The number of benzene rings is 1. The van der Waals surface area contributed by atoms with Crippen LogP contribution in [0.2, 0.25) is 5.02 Å². The molecule has 0 spiro atoms. The summed E-state index contributed by atoms with van der Waals surface area (Å²) in [5.74, 6) is -0.240. The Balaban J connectivity index is 1.93. The van der Waals surface area contributed by atoms with Gasteiger partial charge in [-0.25, -0.2) is 13.2 Å². The fraction of sp³-hybridized carbons (Fsp3) is 0.364. The smallest absolute Gasteiger partial charge is 0.319 e. The van der Waals surface area contributed by atoms with Gasteiger partial charge in [0, 0.05) is 10.7 Å². The number of urea groups is 1. The van der Waals surface area contributed by atoms with Crippen molar-refractivity contribution in [3.05, 3.63) is 29.3 Å². The van der Waals surface area contributed by atoms with Gasteiger partial charge in [-0.05, 0) is 24.3 Å². The van der Waals surface area contributed by atoms with E-state index in [1.165, 1.54) is 0 Å². The van der Waals surface area contributed by atoms with E-state index >= 15 is 0 Å². The van der Waals surface area contributed by atoms with Crippen molar-refractivity contribution in [3.63, 3.8) is 0 Å². The first kappa shape index (κ1) is 14.4. The molecule has 0 unspecified atom stereocenters. The van der Waals surface area contributed by atoms with Gasteiger partial charge in [-0.1, -0.05) is 11.6 Å². The van der Waals surface area contributed by atoms with Crippen LogP contribution in [0.25, 0.3) is 0 Å². The SMILES string of the molecule is O=C(Nc1ccc(Cl)cc1)N[C@H]1CS(=O)(=O)C[C@H]1Cl. The third kappa shape index (κ3) is 3.99. The molecule has 1 saturated heterocycles. The van der Waals surface area contributed by atoms with E-state index in [2.05, 4.69) is 10.6 Å². The largest absolute Gasteiger partial charge is 0.333 e. The predicted octanol–water partition coefficient (Wildman–Crippen LogP) is 1.87. The molecule has 1 aliphatic rings. The van der Waals surface area contributed by atoms with Gasteiger partial charge in [-0.2, -0.15) is 0 Å². The molecular formula is C11H12Cl2N2O3S. The van der Waals surface area contributed by atoms with E-state index < -0.39 is 27.3 Å². The van der Waals surface area contributed by atoms with Gasteiger partial charge in [0.25, 0.3) is 0 Å². The number of hydrogen-bond donors (Lipinski definition) is 2. The summed E-state index contributed by atoms with van der Waals surface area (Å²) in [6.45, 7) is 0. The summed E-state index contributed by atoms with van der Waals surface area (Å²) in [7, 11) is -3.16. The van der Waals surface area contributed by atoms with Crippen LogP contribution in [0.4, 0.5) is 10.5 Å². The summed E-state index contributed by atoms with van der Waals surface area (Å²) < 4.78 is 22.7. The van der Waals surface area contributed by atoms with Crippen LogP contribution in [0.5, 0.6) is 0 Å². The molecular weight excluding hydrogens is 311 g/mol. The normalized spacial score (nSPS) is 24.9. The molecule has 0 radical (unpaired) electrons. The molecule has 0 bridgehead atoms.